The number of hydrogen-bond acceptors (Lipinski definition) is 3. The highest BCUT2D eigenvalue weighted by molar-refractivity contribution is 5.99. The first-order valence-corrected chi connectivity index (χ1v) is 3.87. The monoisotopic (exact) mass is 168 g/mol. The standard InChI is InChI=1S/C9H12O3/c1-9(2)3-6(5-10)8(12)7(11)4-9/h5,12H,3-4H2,1-2H3. The molecule has 0 saturated heterocycles. The van der Waals surface area contributed by atoms with E-state index in [1.807, 2.05) is 13.8 Å². The molecule has 12 heavy (non-hydrogen) atoms. The maximum Gasteiger partial charge on any atom is 0.198 e. The number of aldehydes is 1. The van der Waals surface area contributed by atoms with Crippen molar-refractivity contribution in [2.24, 2.45) is 5.41 Å². The van der Waals surface area contributed by atoms with Crippen molar-refractivity contribution in [2.75, 3.05) is 0 Å². The van der Waals surface area contributed by atoms with E-state index in [0.29, 0.717) is 19.1 Å². The fourth-order valence-corrected chi connectivity index (χ4v) is 1.46. The Morgan fingerprint density at radius 2 is 2.00 bits per heavy atom. The predicted octanol–water partition coefficient (Wildman–Crippen LogP) is 1.39. The predicted molar refractivity (Wildman–Crippen MR) is 43.7 cm³/mol. The molecule has 0 spiro atoms. The van der Waals surface area contributed by atoms with Gasteiger partial charge in [-0.3, -0.25) is 9.59 Å². The van der Waals surface area contributed by atoms with Crippen LogP contribution in [0.15, 0.2) is 11.3 Å². The summed E-state index contributed by atoms with van der Waals surface area (Å²) in [7, 11) is 0. The first kappa shape index (κ1) is 8.97. The second-order valence-corrected chi connectivity index (χ2v) is 3.93. The van der Waals surface area contributed by atoms with Crippen LogP contribution in [0.25, 0.3) is 0 Å². The van der Waals surface area contributed by atoms with Crippen molar-refractivity contribution >= 4 is 12.1 Å². The molecule has 66 valence electrons. The lowest BCUT2D eigenvalue weighted by Gasteiger charge is -2.27. The molecule has 0 aromatic heterocycles. The van der Waals surface area contributed by atoms with E-state index in [2.05, 4.69) is 0 Å². The first-order valence-electron chi connectivity index (χ1n) is 3.87. The molecule has 0 atom stereocenters. The zero-order chi connectivity index (χ0) is 9.35. The van der Waals surface area contributed by atoms with Gasteiger partial charge < -0.3 is 5.11 Å². The Kier molecular flexibility index (Phi) is 2.04. The average Bonchev–Trinajstić information content (AvgIpc) is 1.96. The number of hydrogen-bond donors (Lipinski definition) is 1. The second kappa shape index (κ2) is 2.73. The average molecular weight is 168 g/mol. The molecule has 0 amide bonds. The van der Waals surface area contributed by atoms with Gasteiger partial charge in [0.05, 0.1) is 0 Å². The van der Waals surface area contributed by atoms with Gasteiger partial charge in [0.15, 0.2) is 11.5 Å². The van der Waals surface area contributed by atoms with Gasteiger partial charge in [0.1, 0.15) is 6.29 Å². The number of allylic oxidation sites excluding steroid dienone is 2. The summed E-state index contributed by atoms with van der Waals surface area (Å²) in [5.74, 6) is -0.669. The molecular weight excluding hydrogens is 156 g/mol. The summed E-state index contributed by atoms with van der Waals surface area (Å²) in [4.78, 5) is 21.5. The molecule has 3 heteroatoms. The fraction of sp³-hybridized carbons (Fsp3) is 0.556. The normalized spacial score (nSPS) is 22.7. The number of rotatable bonds is 1. The Balaban J connectivity index is 3.03. The number of carbonyl (C=O) groups is 2. The van der Waals surface area contributed by atoms with E-state index >= 15 is 0 Å². The Morgan fingerprint density at radius 1 is 1.42 bits per heavy atom. The van der Waals surface area contributed by atoms with E-state index in [1.165, 1.54) is 0 Å². The zero-order valence-corrected chi connectivity index (χ0v) is 7.26. The minimum Gasteiger partial charge on any atom is -0.504 e. The van der Waals surface area contributed by atoms with E-state index in [0.717, 1.165) is 0 Å². The Labute approximate surface area is 71.1 Å². The molecule has 0 unspecified atom stereocenters. The minimum absolute atomic E-state index is 0.195. The molecule has 3 nitrogen and oxygen atoms in total. The van der Waals surface area contributed by atoms with Gasteiger partial charge in [0.2, 0.25) is 0 Å². The molecule has 1 aliphatic carbocycles. The van der Waals surface area contributed by atoms with E-state index in [4.69, 9.17) is 5.11 Å². The summed E-state index contributed by atoms with van der Waals surface area (Å²) in [6.07, 6.45) is 1.36. The SMILES string of the molecule is CC1(C)CC(=O)C(O)=C(C=O)C1. The zero-order valence-electron chi connectivity index (χ0n) is 7.26. The molecule has 0 aromatic rings. The maximum absolute atomic E-state index is 11.1. The van der Waals surface area contributed by atoms with Crippen molar-refractivity contribution in [1.29, 1.82) is 0 Å². The molecule has 0 radical (unpaired) electrons. The Bertz CT molecular complexity index is 261. The summed E-state index contributed by atoms with van der Waals surface area (Å²) < 4.78 is 0. The van der Waals surface area contributed by atoms with E-state index in [-0.39, 0.29) is 22.5 Å². The van der Waals surface area contributed by atoms with Gasteiger partial charge in [-0.2, -0.15) is 0 Å². The lowest BCUT2D eigenvalue weighted by atomic mass is 9.76. The summed E-state index contributed by atoms with van der Waals surface area (Å²) in [6.45, 7) is 3.81. The van der Waals surface area contributed by atoms with Crippen LogP contribution in [0.1, 0.15) is 26.7 Å². The molecule has 0 heterocycles. The van der Waals surface area contributed by atoms with Crippen molar-refractivity contribution in [3.05, 3.63) is 11.3 Å². The molecule has 0 bridgehead atoms. The molecule has 0 aromatic carbocycles. The Hall–Kier alpha value is -1.12. The van der Waals surface area contributed by atoms with E-state index in [1.54, 1.807) is 0 Å². The summed E-state index contributed by atoms with van der Waals surface area (Å²) in [6, 6.07) is 0. The molecule has 1 N–H and O–H groups in total. The third-order valence-electron chi connectivity index (χ3n) is 2.02. The van der Waals surface area contributed by atoms with Crippen LogP contribution in [-0.4, -0.2) is 17.2 Å². The molecule has 1 aliphatic rings. The van der Waals surface area contributed by atoms with Crippen LogP contribution in [0.2, 0.25) is 0 Å². The summed E-state index contributed by atoms with van der Waals surface area (Å²) in [5, 5.41) is 9.17. The second-order valence-electron chi connectivity index (χ2n) is 3.93. The van der Waals surface area contributed by atoms with E-state index < -0.39 is 0 Å². The molecular formula is C9H12O3. The fourth-order valence-electron chi connectivity index (χ4n) is 1.46. The van der Waals surface area contributed by atoms with Crippen LogP contribution in [0.5, 0.6) is 0 Å². The van der Waals surface area contributed by atoms with Gasteiger partial charge in [-0.25, -0.2) is 0 Å². The van der Waals surface area contributed by atoms with Crippen molar-refractivity contribution < 1.29 is 14.7 Å². The minimum atomic E-state index is -0.343. The van der Waals surface area contributed by atoms with Crippen LogP contribution >= 0.6 is 0 Å². The smallest absolute Gasteiger partial charge is 0.198 e. The highest BCUT2D eigenvalue weighted by atomic mass is 16.3. The van der Waals surface area contributed by atoms with E-state index in [9.17, 15) is 9.59 Å². The van der Waals surface area contributed by atoms with Gasteiger partial charge in [0, 0.05) is 12.0 Å². The maximum atomic E-state index is 11.1. The van der Waals surface area contributed by atoms with Crippen molar-refractivity contribution in [3.63, 3.8) is 0 Å². The van der Waals surface area contributed by atoms with Crippen LogP contribution < -0.4 is 0 Å². The third kappa shape index (κ3) is 1.55. The quantitative estimate of drug-likeness (QED) is 0.602. The topological polar surface area (TPSA) is 54.4 Å². The molecule has 0 fully saturated rings. The molecule has 1 rings (SSSR count). The van der Waals surface area contributed by atoms with Gasteiger partial charge in [-0.15, -0.1) is 0 Å². The first-order chi connectivity index (χ1) is 5.46. The van der Waals surface area contributed by atoms with Crippen molar-refractivity contribution in [1.82, 2.24) is 0 Å². The van der Waals surface area contributed by atoms with Gasteiger partial charge in [0.25, 0.3) is 0 Å². The van der Waals surface area contributed by atoms with Crippen LogP contribution in [0.4, 0.5) is 0 Å². The van der Waals surface area contributed by atoms with Crippen molar-refractivity contribution in [2.45, 2.75) is 26.7 Å². The van der Waals surface area contributed by atoms with Crippen LogP contribution in [-0.2, 0) is 9.59 Å². The summed E-state index contributed by atoms with van der Waals surface area (Å²) >= 11 is 0. The number of ketones is 1. The number of aliphatic hydroxyl groups is 1. The van der Waals surface area contributed by atoms with Gasteiger partial charge in [-0.05, 0) is 11.8 Å². The number of aliphatic hydroxyl groups excluding tert-OH is 1. The number of carbonyl (C=O) groups excluding carboxylic acids is 2. The third-order valence-corrected chi connectivity index (χ3v) is 2.02. The largest absolute Gasteiger partial charge is 0.504 e. The van der Waals surface area contributed by atoms with Crippen LogP contribution in [0.3, 0.4) is 0 Å². The Morgan fingerprint density at radius 3 is 2.50 bits per heavy atom. The lowest BCUT2D eigenvalue weighted by Crippen LogP contribution is -2.26. The van der Waals surface area contributed by atoms with Gasteiger partial charge >= 0.3 is 0 Å². The van der Waals surface area contributed by atoms with Crippen molar-refractivity contribution in [3.8, 4) is 0 Å². The summed E-state index contributed by atoms with van der Waals surface area (Å²) in [5.41, 5.74) is 0.0378. The van der Waals surface area contributed by atoms with Crippen LogP contribution in [0, 0.1) is 5.41 Å². The molecule has 0 aliphatic heterocycles. The molecule has 0 saturated carbocycles. The lowest BCUT2D eigenvalue weighted by molar-refractivity contribution is -0.121. The highest BCUT2D eigenvalue weighted by Gasteiger charge is 2.32. The van der Waals surface area contributed by atoms with Gasteiger partial charge in [-0.1, -0.05) is 13.8 Å². The number of Topliss-reactive ketones (excluding diaryl/α,β-unsaturated/α-hetero) is 1. The highest BCUT2D eigenvalue weighted by Crippen LogP contribution is 2.34.